The highest BCUT2D eigenvalue weighted by Crippen LogP contribution is 2.23. The molecule has 0 aromatic heterocycles. The van der Waals surface area contributed by atoms with E-state index in [1.54, 1.807) is 12.1 Å². The molecule has 0 bridgehead atoms. The Morgan fingerprint density at radius 3 is 2.43 bits per heavy atom. The minimum Gasteiger partial charge on any atom is -0.376 e. The van der Waals surface area contributed by atoms with Gasteiger partial charge in [0, 0.05) is 19.2 Å². The number of hydrogen-bond donors (Lipinski definition) is 2. The molecule has 1 aliphatic heterocycles. The first-order chi connectivity index (χ1) is 14.3. The molecule has 8 nitrogen and oxygen atoms in total. The summed E-state index contributed by atoms with van der Waals surface area (Å²) in [7, 11) is -3.79. The lowest BCUT2D eigenvalue weighted by Gasteiger charge is -2.28. The van der Waals surface area contributed by atoms with Crippen LogP contribution in [-0.2, 0) is 24.3 Å². The molecule has 2 fully saturated rings. The first-order valence-electron chi connectivity index (χ1n) is 10.6. The number of aryl methyl sites for hydroxylation is 1. The van der Waals surface area contributed by atoms with Crippen LogP contribution in [0.5, 0.6) is 0 Å². The second-order valence-electron chi connectivity index (χ2n) is 8.04. The second kappa shape index (κ2) is 10.4. The summed E-state index contributed by atoms with van der Waals surface area (Å²) in [6.45, 7) is 2.59. The zero-order valence-corrected chi connectivity index (χ0v) is 18.2. The number of amides is 2. The van der Waals surface area contributed by atoms with E-state index < -0.39 is 10.0 Å². The van der Waals surface area contributed by atoms with Crippen LogP contribution in [-0.4, -0.2) is 63.5 Å². The van der Waals surface area contributed by atoms with Crippen molar-refractivity contribution in [2.24, 2.45) is 0 Å². The molecule has 1 heterocycles. The zero-order chi connectivity index (χ0) is 21.6. The molecule has 1 atom stereocenters. The molecule has 1 saturated carbocycles. The van der Waals surface area contributed by atoms with E-state index in [1.807, 2.05) is 6.92 Å². The average molecular weight is 438 g/mol. The van der Waals surface area contributed by atoms with Gasteiger partial charge in [-0.05, 0) is 44.7 Å². The van der Waals surface area contributed by atoms with Gasteiger partial charge in [-0.15, -0.1) is 0 Å². The van der Waals surface area contributed by atoms with Gasteiger partial charge in [0.1, 0.15) is 0 Å². The lowest BCUT2D eigenvalue weighted by Crippen LogP contribution is -2.49. The fourth-order valence-corrected chi connectivity index (χ4v) is 4.91. The molecular formula is C21H31N3O5S. The number of nitrogens with zero attached hydrogens (tertiary/aromatic N) is 1. The van der Waals surface area contributed by atoms with Crippen molar-refractivity contribution in [3.05, 3.63) is 29.8 Å². The number of benzene rings is 1. The van der Waals surface area contributed by atoms with E-state index in [2.05, 4.69) is 10.0 Å². The molecule has 30 heavy (non-hydrogen) atoms. The third-order valence-corrected chi connectivity index (χ3v) is 7.11. The Morgan fingerprint density at radius 1 is 1.10 bits per heavy atom. The molecule has 2 N–H and O–H groups in total. The summed E-state index contributed by atoms with van der Waals surface area (Å²) in [5, 5.41) is 2.84. The van der Waals surface area contributed by atoms with Gasteiger partial charge in [-0.2, -0.15) is 0 Å². The summed E-state index contributed by atoms with van der Waals surface area (Å²) in [6, 6.07) is 6.40. The maximum absolute atomic E-state index is 12.9. The Kier molecular flexibility index (Phi) is 7.85. The van der Waals surface area contributed by atoms with E-state index in [1.165, 1.54) is 17.0 Å². The molecule has 2 amide bonds. The molecule has 1 aliphatic carbocycles. The van der Waals surface area contributed by atoms with Crippen molar-refractivity contribution in [1.82, 2.24) is 14.9 Å². The fourth-order valence-electron chi connectivity index (χ4n) is 3.94. The van der Waals surface area contributed by atoms with Crippen LogP contribution in [0.2, 0.25) is 0 Å². The molecule has 0 spiro atoms. The van der Waals surface area contributed by atoms with E-state index in [9.17, 15) is 18.0 Å². The van der Waals surface area contributed by atoms with Crippen LogP contribution in [0.4, 0.5) is 0 Å². The highest BCUT2D eigenvalue weighted by molar-refractivity contribution is 7.89. The Morgan fingerprint density at radius 2 is 1.80 bits per heavy atom. The third kappa shape index (κ3) is 6.26. The number of hydrogen-bond acceptors (Lipinski definition) is 5. The molecular weight excluding hydrogens is 406 g/mol. The molecule has 3 rings (SSSR count). The second-order valence-corrected chi connectivity index (χ2v) is 9.80. The van der Waals surface area contributed by atoms with E-state index in [4.69, 9.17) is 4.74 Å². The van der Waals surface area contributed by atoms with Gasteiger partial charge in [0.2, 0.25) is 21.8 Å². The van der Waals surface area contributed by atoms with E-state index in [0.717, 1.165) is 44.1 Å². The van der Waals surface area contributed by atoms with Crippen molar-refractivity contribution >= 4 is 21.8 Å². The van der Waals surface area contributed by atoms with Crippen LogP contribution >= 0.6 is 0 Å². The van der Waals surface area contributed by atoms with Gasteiger partial charge in [0.05, 0.1) is 24.1 Å². The molecule has 0 unspecified atom stereocenters. The normalized spacial score (nSPS) is 19.7. The van der Waals surface area contributed by atoms with Crippen molar-refractivity contribution in [1.29, 1.82) is 0 Å². The quantitative estimate of drug-likeness (QED) is 0.607. The van der Waals surface area contributed by atoms with Crippen molar-refractivity contribution in [3.63, 3.8) is 0 Å². The lowest BCUT2D eigenvalue weighted by atomic mass is 10.2. The number of sulfonamides is 1. The Balaban J connectivity index is 1.57. The van der Waals surface area contributed by atoms with Crippen LogP contribution in [0, 0.1) is 6.92 Å². The number of carbonyl (C=O) groups excluding carboxylic acids is 2. The first kappa shape index (κ1) is 22.7. The molecule has 0 radical (unpaired) electrons. The monoisotopic (exact) mass is 437 g/mol. The van der Waals surface area contributed by atoms with Crippen LogP contribution in [0.25, 0.3) is 0 Å². The van der Waals surface area contributed by atoms with Crippen molar-refractivity contribution < 1.29 is 22.7 Å². The first-order valence-corrected chi connectivity index (χ1v) is 12.1. The SMILES string of the molecule is Cc1ccc(S(=O)(=O)NCC(=O)N(CC(=O)NC[C@H]2CCCO2)C2CCCC2)cc1. The number of ether oxygens (including phenoxy) is 1. The summed E-state index contributed by atoms with van der Waals surface area (Å²) in [5.41, 5.74) is 0.950. The van der Waals surface area contributed by atoms with Gasteiger partial charge >= 0.3 is 0 Å². The van der Waals surface area contributed by atoms with Gasteiger partial charge < -0.3 is 15.0 Å². The van der Waals surface area contributed by atoms with Gasteiger partial charge in [-0.3, -0.25) is 9.59 Å². The highest BCUT2D eigenvalue weighted by atomic mass is 32.2. The van der Waals surface area contributed by atoms with Gasteiger partial charge in [-0.25, -0.2) is 13.1 Å². The fraction of sp³-hybridized carbons (Fsp3) is 0.619. The summed E-state index contributed by atoms with van der Waals surface area (Å²) in [5.74, 6) is -0.628. The maximum Gasteiger partial charge on any atom is 0.241 e. The molecule has 9 heteroatoms. The summed E-state index contributed by atoms with van der Waals surface area (Å²) >= 11 is 0. The number of carbonyl (C=O) groups is 2. The van der Waals surface area contributed by atoms with Crippen LogP contribution < -0.4 is 10.0 Å². The van der Waals surface area contributed by atoms with Crippen molar-refractivity contribution in [2.75, 3.05) is 26.2 Å². The van der Waals surface area contributed by atoms with Crippen molar-refractivity contribution in [2.45, 2.75) is 62.5 Å². The van der Waals surface area contributed by atoms with E-state index >= 15 is 0 Å². The van der Waals surface area contributed by atoms with Gasteiger partial charge in [0.15, 0.2) is 0 Å². The molecule has 1 aromatic rings. The van der Waals surface area contributed by atoms with Gasteiger partial charge in [0.25, 0.3) is 0 Å². The summed E-state index contributed by atoms with van der Waals surface area (Å²) in [4.78, 5) is 26.9. The van der Waals surface area contributed by atoms with Crippen molar-refractivity contribution in [3.8, 4) is 0 Å². The summed E-state index contributed by atoms with van der Waals surface area (Å²) in [6.07, 6.45) is 5.61. The third-order valence-electron chi connectivity index (χ3n) is 5.70. The maximum atomic E-state index is 12.9. The minimum atomic E-state index is -3.79. The van der Waals surface area contributed by atoms with Crippen LogP contribution in [0.3, 0.4) is 0 Å². The number of nitrogens with one attached hydrogen (secondary N) is 2. The Labute approximate surface area is 178 Å². The predicted molar refractivity (Wildman–Crippen MR) is 112 cm³/mol. The molecule has 1 aromatic carbocycles. The minimum absolute atomic E-state index is 0.0325. The highest BCUT2D eigenvalue weighted by Gasteiger charge is 2.29. The Hall–Kier alpha value is -1.97. The molecule has 2 aliphatic rings. The molecule has 1 saturated heterocycles. The van der Waals surface area contributed by atoms with E-state index in [0.29, 0.717) is 13.2 Å². The zero-order valence-electron chi connectivity index (χ0n) is 17.4. The van der Waals surface area contributed by atoms with Crippen LogP contribution in [0.1, 0.15) is 44.1 Å². The lowest BCUT2D eigenvalue weighted by molar-refractivity contribution is -0.137. The Bertz CT molecular complexity index is 829. The number of rotatable bonds is 9. The van der Waals surface area contributed by atoms with Gasteiger partial charge in [-0.1, -0.05) is 30.5 Å². The molecule has 166 valence electrons. The largest absolute Gasteiger partial charge is 0.376 e. The smallest absolute Gasteiger partial charge is 0.241 e. The average Bonchev–Trinajstić information content (AvgIpc) is 3.43. The standard InChI is InChI=1S/C21H31N3O5S/c1-16-8-10-19(11-9-16)30(27,28)23-14-21(26)24(17-5-2-3-6-17)15-20(25)22-13-18-7-4-12-29-18/h8-11,17-18,23H,2-7,12-15H2,1H3,(H,22,25)/t18-/m1/s1. The summed E-state index contributed by atoms with van der Waals surface area (Å²) < 4.78 is 32.9. The van der Waals surface area contributed by atoms with E-state index in [-0.39, 0.29) is 41.9 Å². The predicted octanol–water partition coefficient (Wildman–Crippen LogP) is 1.34. The van der Waals surface area contributed by atoms with Crippen LogP contribution in [0.15, 0.2) is 29.2 Å². The topological polar surface area (TPSA) is 105 Å².